The molecule has 1 aliphatic carbocycles. The zero-order valence-corrected chi connectivity index (χ0v) is 10.9. The third-order valence-electron chi connectivity index (χ3n) is 2.88. The van der Waals surface area contributed by atoms with Crippen LogP contribution in [-0.4, -0.2) is 21.9 Å². The molecule has 0 aromatic carbocycles. The van der Waals surface area contributed by atoms with E-state index in [-0.39, 0.29) is 0 Å². The van der Waals surface area contributed by atoms with E-state index >= 15 is 0 Å². The van der Waals surface area contributed by atoms with E-state index in [0.717, 1.165) is 40.1 Å². The number of rotatable bonds is 3. The normalized spacial score (nSPS) is 24.6. The number of nitrogens with zero attached hydrogens (tertiary/aromatic N) is 2. The summed E-state index contributed by atoms with van der Waals surface area (Å²) in [6.45, 7) is 3.86. The van der Waals surface area contributed by atoms with Gasteiger partial charge < -0.3 is 5.32 Å². The number of aliphatic imine (C=N–C) groups is 1. The van der Waals surface area contributed by atoms with Crippen molar-refractivity contribution in [3.05, 3.63) is 16.1 Å². The Morgan fingerprint density at radius 2 is 2.38 bits per heavy atom. The van der Waals surface area contributed by atoms with Crippen LogP contribution in [0.2, 0.25) is 0 Å². The smallest absolute Gasteiger partial charge is 0.157 e. The fourth-order valence-electron chi connectivity index (χ4n) is 1.84. The first-order valence-corrected chi connectivity index (χ1v) is 7.43. The molecule has 3 nitrogen and oxygen atoms in total. The van der Waals surface area contributed by atoms with Gasteiger partial charge in [0.05, 0.1) is 13.1 Å². The van der Waals surface area contributed by atoms with Gasteiger partial charge in [-0.15, -0.1) is 11.3 Å². The van der Waals surface area contributed by atoms with E-state index in [2.05, 4.69) is 20.7 Å². The molecular formula is C11H15N3S2. The highest BCUT2D eigenvalue weighted by Gasteiger charge is 2.35. The van der Waals surface area contributed by atoms with Gasteiger partial charge in [0.25, 0.3) is 0 Å². The van der Waals surface area contributed by atoms with Gasteiger partial charge >= 0.3 is 0 Å². The number of nitrogens with one attached hydrogen (secondary N) is 1. The summed E-state index contributed by atoms with van der Waals surface area (Å²) >= 11 is 3.64. The molecule has 1 N–H and O–H groups in total. The first-order chi connectivity index (χ1) is 7.81. The number of aromatic nitrogens is 1. The Bertz CT molecular complexity index is 409. The molecule has 1 aromatic heterocycles. The van der Waals surface area contributed by atoms with Crippen LogP contribution in [0.15, 0.2) is 10.4 Å². The predicted octanol–water partition coefficient (Wildman–Crippen LogP) is 2.42. The zero-order valence-electron chi connectivity index (χ0n) is 9.27. The average Bonchev–Trinajstić information content (AvgIpc) is 2.87. The topological polar surface area (TPSA) is 37.3 Å². The molecule has 1 unspecified atom stereocenters. The van der Waals surface area contributed by atoms with E-state index in [0.29, 0.717) is 0 Å². The molecule has 1 aliphatic heterocycles. The molecule has 1 saturated carbocycles. The van der Waals surface area contributed by atoms with Crippen LogP contribution < -0.4 is 5.32 Å². The second-order valence-corrected chi connectivity index (χ2v) is 6.55. The van der Waals surface area contributed by atoms with Crippen molar-refractivity contribution in [1.82, 2.24) is 10.3 Å². The summed E-state index contributed by atoms with van der Waals surface area (Å²) < 4.78 is 0. The zero-order chi connectivity index (χ0) is 11.0. The van der Waals surface area contributed by atoms with Crippen LogP contribution in [0.5, 0.6) is 0 Å². The lowest BCUT2D eigenvalue weighted by atomic mass is 10.3. The minimum absolute atomic E-state index is 0.750. The van der Waals surface area contributed by atoms with Gasteiger partial charge in [0, 0.05) is 16.3 Å². The van der Waals surface area contributed by atoms with Crippen molar-refractivity contribution in [3.8, 4) is 0 Å². The third kappa shape index (κ3) is 2.40. The monoisotopic (exact) mass is 253 g/mol. The van der Waals surface area contributed by atoms with Crippen LogP contribution in [0.1, 0.15) is 23.5 Å². The molecule has 86 valence electrons. The number of thiazole rings is 1. The first-order valence-electron chi connectivity index (χ1n) is 5.67. The highest BCUT2D eigenvalue weighted by molar-refractivity contribution is 8.14. The highest BCUT2D eigenvalue weighted by atomic mass is 32.2. The SMILES string of the molecule is Cc1csc(CNC2=NCC(C3CC3)S2)n1. The lowest BCUT2D eigenvalue weighted by Crippen LogP contribution is -2.19. The molecule has 0 amide bonds. The molecule has 0 saturated heterocycles. The van der Waals surface area contributed by atoms with Gasteiger partial charge in [-0.25, -0.2) is 4.98 Å². The molecular weight excluding hydrogens is 238 g/mol. The van der Waals surface area contributed by atoms with Gasteiger partial charge in [-0.05, 0) is 25.7 Å². The summed E-state index contributed by atoms with van der Waals surface area (Å²) in [5.74, 6) is 0.940. The Morgan fingerprint density at radius 3 is 3.06 bits per heavy atom. The van der Waals surface area contributed by atoms with Crippen molar-refractivity contribution in [2.24, 2.45) is 10.9 Å². The van der Waals surface area contributed by atoms with Crippen molar-refractivity contribution >= 4 is 28.3 Å². The number of hydrogen-bond acceptors (Lipinski definition) is 5. The minimum Gasteiger partial charge on any atom is -0.358 e. The van der Waals surface area contributed by atoms with Gasteiger partial charge in [-0.3, -0.25) is 4.99 Å². The molecule has 3 rings (SSSR count). The summed E-state index contributed by atoms with van der Waals surface area (Å²) in [7, 11) is 0. The number of amidine groups is 1. The van der Waals surface area contributed by atoms with E-state index in [1.54, 1.807) is 11.3 Å². The van der Waals surface area contributed by atoms with E-state index in [1.165, 1.54) is 12.8 Å². The molecule has 2 heterocycles. The second-order valence-electron chi connectivity index (χ2n) is 4.38. The molecule has 1 aromatic rings. The van der Waals surface area contributed by atoms with Crippen LogP contribution in [0.4, 0.5) is 0 Å². The minimum atomic E-state index is 0.750. The maximum Gasteiger partial charge on any atom is 0.157 e. The molecule has 0 bridgehead atoms. The van der Waals surface area contributed by atoms with Gasteiger partial charge in [0.1, 0.15) is 5.01 Å². The Labute approximate surface area is 104 Å². The molecule has 16 heavy (non-hydrogen) atoms. The van der Waals surface area contributed by atoms with Crippen LogP contribution >= 0.6 is 23.1 Å². The maximum atomic E-state index is 4.55. The fourth-order valence-corrected chi connectivity index (χ4v) is 3.75. The summed E-state index contributed by atoms with van der Waals surface area (Å²) in [4.78, 5) is 8.98. The molecule has 0 radical (unpaired) electrons. The van der Waals surface area contributed by atoms with E-state index in [1.807, 2.05) is 18.7 Å². The van der Waals surface area contributed by atoms with Crippen LogP contribution in [0, 0.1) is 12.8 Å². The van der Waals surface area contributed by atoms with Gasteiger partial charge in [-0.1, -0.05) is 11.8 Å². The quantitative estimate of drug-likeness (QED) is 0.899. The molecule has 2 aliphatic rings. The molecule has 5 heteroatoms. The average molecular weight is 253 g/mol. The third-order valence-corrected chi connectivity index (χ3v) is 5.18. The van der Waals surface area contributed by atoms with Crippen LogP contribution in [0.25, 0.3) is 0 Å². The Hall–Kier alpha value is -0.550. The summed E-state index contributed by atoms with van der Waals surface area (Å²) in [6, 6.07) is 0. The number of hydrogen-bond donors (Lipinski definition) is 1. The van der Waals surface area contributed by atoms with Gasteiger partial charge in [0.2, 0.25) is 0 Å². The van der Waals surface area contributed by atoms with Crippen molar-refractivity contribution < 1.29 is 0 Å². The predicted molar refractivity (Wildman–Crippen MR) is 70.1 cm³/mol. The summed E-state index contributed by atoms with van der Waals surface area (Å²) in [6.07, 6.45) is 2.82. The van der Waals surface area contributed by atoms with Crippen molar-refractivity contribution in [1.29, 1.82) is 0 Å². The van der Waals surface area contributed by atoms with Crippen LogP contribution in [0.3, 0.4) is 0 Å². The first kappa shape index (κ1) is 10.6. The Morgan fingerprint density at radius 1 is 1.50 bits per heavy atom. The van der Waals surface area contributed by atoms with Crippen molar-refractivity contribution in [2.45, 2.75) is 31.6 Å². The Kier molecular flexibility index (Phi) is 2.90. The maximum absolute atomic E-state index is 4.55. The number of thioether (sulfide) groups is 1. The molecule has 1 fully saturated rings. The van der Waals surface area contributed by atoms with Crippen LogP contribution in [-0.2, 0) is 6.54 Å². The van der Waals surface area contributed by atoms with Gasteiger partial charge in [0.15, 0.2) is 5.17 Å². The second kappa shape index (κ2) is 4.37. The van der Waals surface area contributed by atoms with E-state index < -0.39 is 0 Å². The highest BCUT2D eigenvalue weighted by Crippen LogP contribution is 2.41. The lowest BCUT2D eigenvalue weighted by Gasteiger charge is -2.06. The van der Waals surface area contributed by atoms with Crippen molar-refractivity contribution in [2.75, 3.05) is 6.54 Å². The molecule has 0 spiro atoms. The Balaban J connectivity index is 1.49. The number of aryl methyl sites for hydroxylation is 1. The largest absolute Gasteiger partial charge is 0.358 e. The summed E-state index contributed by atoms with van der Waals surface area (Å²) in [5, 5.41) is 8.49. The molecule has 1 atom stereocenters. The van der Waals surface area contributed by atoms with Crippen molar-refractivity contribution in [3.63, 3.8) is 0 Å². The standard InChI is InChI=1S/C11H15N3S2/c1-7-6-15-10(14-7)5-13-11-12-4-9(16-11)8-2-3-8/h6,8-9H,2-5H2,1H3,(H,12,13). The summed E-state index contributed by atoms with van der Waals surface area (Å²) in [5.41, 5.74) is 1.11. The van der Waals surface area contributed by atoms with E-state index in [4.69, 9.17) is 0 Å². The van der Waals surface area contributed by atoms with E-state index in [9.17, 15) is 0 Å². The fraction of sp³-hybridized carbons (Fsp3) is 0.636. The van der Waals surface area contributed by atoms with Gasteiger partial charge in [-0.2, -0.15) is 0 Å². The lowest BCUT2D eigenvalue weighted by molar-refractivity contribution is 0.772.